The molecule has 0 aromatic heterocycles. The predicted molar refractivity (Wildman–Crippen MR) is 75.1 cm³/mol. The molecule has 7 nitrogen and oxygen atoms in total. The van der Waals surface area contributed by atoms with Crippen LogP contribution in [0.3, 0.4) is 0 Å². The summed E-state index contributed by atoms with van der Waals surface area (Å²) in [4.78, 5) is 26.0. The lowest BCUT2D eigenvalue weighted by Gasteiger charge is -2.29. The van der Waals surface area contributed by atoms with Crippen LogP contribution in [0.4, 0.5) is 9.59 Å². The molecule has 0 aromatic carbocycles. The molecule has 1 saturated heterocycles. The van der Waals surface area contributed by atoms with Crippen LogP contribution in [0.15, 0.2) is 0 Å². The topological polar surface area (TPSA) is 90.3 Å². The first-order valence-corrected chi connectivity index (χ1v) is 7.33. The lowest BCUT2D eigenvalue weighted by Crippen LogP contribution is -2.43. The Kier molecular flexibility index (Phi) is 4.32. The molecule has 0 radical (unpaired) electrons. The van der Waals surface area contributed by atoms with Crippen LogP contribution in [0.5, 0.6) is 0 Å². The van der Waals surface area contributed by atoms with E-state index in [4.69, 9.17) is 9.84 Å². The monoisotopic (exact) mass is 300 g/mol. The maximum atomic E-state index is 12.2. The summed E-state index contributed by atoms with van der Waals surface area (Å²) in [5.74, 6) is -0.255. The predicted octanol–water partition coefficient (Wildman–Crippen LogP) is 1.36. The van der Waals surface area contributed by atoms with Crippen LogP contribution in [0.2, 0.25) is 0 Å². The van der Waals surface area contributed by atoms with Crippen molar-refractivity contribution < 1.29 is 24.5 Å². The van der Waals surface area contributed by atoms with E-state index >= 15 is 0 Å². The fourth-order valence-corrected chi connectivity index (χ4v) is 2.52. The molecule has 0 unspecified atom stereocenters. The number of ether oxygens (including phenoxy) is 1. The Hall–Kier alpha value is -1.50. The number of hydrogen-bond acceptors (Lipinski definition) is 4. The quantitative estimate of drug-likeness (QED) is 0.821. The van der Waals surface area contributed by atoms with Gasteiger partial charge in [-0.1, -0.05) is 0 Å². The molecule has 1 saturated carbocycles. The van der Waals surface area contributed by atoms with Crippen molar-refractivity contribution >= 4 is 12.2 Å². The molecule has 1 aliphatic heterocycles. The van der Waals surface area contributed by atoms with Gasteiger partial charge in [0, 0.05) is 25.0 Å². The molecular formula is C14H24N2O5. The van der Waals surface area contributed by atoms with Crippen molar-refractivity contribution in [2.24, 2.45) is 5.92 Å². The highest BCUT2D eigenvalue weighted by Crippen LogP contribution is 2.31. The molecule has 120 valence electrons. The second kappa shape index (κ2) is 5.71. The summed E-state index contributed by atoms with van der Waals surface area (Å²) in [7, 11) is 0. The highest BCUT2D eigenvalue weighted by molar-refractivity contribution is 5.69. The molecular weight excluding hydrogens is 276 g/mol. The lowest BCUT2D eigenvalue weighted by molar-refractivity contribution is 0.0163. The molecule has 7 heteroatoms. The number of hydrogen-bond donors (Lipinski definition) is 2. The molecule has 21 heavy (non-hydrogen) atoms. The summed E-state index contributed by atoms with van der Waals surface area (Å²) in [6.45, 7) is 6.13. The number of aliphatic hydroxyl groups is 1. The molecule has 2 fully saturated rings. The van der Waals surface area contributed by atoms with E-state index < -0.39 is 17.8 Å². The Morgan fingerprint density at radius 1 is 1.29 bits per heavy atom. The van der Waals surface area contributed by atoms with Crippen molar-refractivity contribution in [2.75, 3.05) is 19.6 Å². The Bertz CT molecular complexity index is 416. The maximum Gasteiger partial charge on any atom is 0.410 e. The van der Waals surface area contributed by atoms with Gasteiger partial charge in [-0.25, -0.2) is 9.59 Å². The maximum absolute atomic E-state index is 12.2. The molecule has 1 aliphatic carbocycles. The number of rotatable bonds is 3. The van der Waals surface area contributed by atoms with Gasteiger partial charge in [0.1, 0.15) is 5.60 Å². The van der Waals surface area contributed by atoms with Crippen LogP contribution in [0.25, 0.3) is 0 Å². The van der Waals surface area contributed by atoms with E-state index in [1.807, 2.05) is 20.8 Å². The van der Waals surface area contributed by atoms with E-state index in [0.29, 0.717) is 6.54 Å². The third kappa shape index (κ3) is 4.23. The number of carbonyl (C=O) groups excluding carboxylic acids is 1. The smallest absolute Gasteiger partial charge is 0.410 e. The van der Waals surface area contributed by atoms with Gasteiger partial charge >= 0.3 is 12.2 Å². The SMILES string of the molecule is CC(C)(C)OC(=O)N(C[C@H]1CN(C(=O)O)C[C@@H]1O)C1CC1. The largest absolute Gasteiger partial charge is 0.465 e. The Morgan fingerprint density at radius 2 is 1.90 bits per heavy atom. The second-order valence-corrected chi connectivity index (χ2v) is 6.88. The fraction of sp³-hybridized carbons (Fsp3) is 0.857. The van der Waals surface area contributed by atoms with E-state index in [0.717, 1.165) is 12.8 Å². The molecule has 2 atom stereocenters. The first-order chi connectivity index (χ1) is 9.67. The summed E-state index contributed by atoms with van der Waals surface area (Å²) in [6.07, 6.45) is -0.280. The Labute approximate surface area is 124 Å². The van der Waals surface area contributed by atoms with Crippen LogP contribution in [-0.2, 0) is 4.74 Å². The van der Waals surface area contributed by atoms with Crippen molar-refractivity contribution in [3.63, 3.8) is 0 Å². The van der Waals surface area contributed by atoms with E-state index in [9.17, 15) is 14.7 Å². The molecule has 2 N–H and O–H groups in total. The number of carboxylic acid groups (broad SMARTS) is 1. The average molecular weight is 300 g/mol. The van der Waals surface area contributed by atoms with Crippen LogP contribution in [0.1, 0.15) is 33.6 Å². The number of aliphatic hydroxyl groups excluding tert-OH is 1. The van der Waals surface area contributed by atoms with Crippen molar-refractivity contribution in [2.45, 2.75) is 51.4 Å². The second-order valence-electron chi connectivity index (χ2n) is 6.88. The summed E-state index contributed by atoms with van der Waals surface area (Å²) in [6, 6.07) is 0.158. The summed E-state index contributed by atoms with van der Waals surface area (Å²) in [5.41, 5.74) is -0.564. The van der Waals surface area contributed by atoms with Gasteiger partial charge in [0.15, 0.2) is 0 Å². The standard InChI is InChI=1S/C14H24N2O5/c1-14(2,3)21-13(20)16(10-4-5-10)7-9-6-15(12(18)19)8-11(9)17/h9-11,17H,4-8H2,1-3H3,(H,18,19)/t9-,11+/m1/s1. The van der Waals surface area contributed by atoms with Crippen LogP contribution < -0.4 is 0 Å². The fourth-order valence-electron chi connectivity index (χ4n) is 2.52. The summed E-state index contributed by atoms with van der Waals surface area (Å²) < 4.78 is 5.40. The minimum Gasteiger partial charge on any atom is -0.465 e. The van der Waals surface area contributed by atoms with E-state index in [2.05, 4.69) is 0 Å². The van der Waals surface area contributed by atoms with Gasteiger partial charge in [-0.15, -0.1) is 0 Å². The molecule has 0 spiro atoms. The van der Waals surface area contributed by atoms with E-state index in [1.165, 1.54) is 4.90 Å². The molecule has 1 heterocycles. The third-order valence-electron chi connectivity index (χ3n) is 3.72. The number of carbonyl (C=O) groups is 2. The van der Waals surface area contributed by atoms with Gasteiger partial charge in [0.2, 0.25) is 0 Å². The van der Waals surface area contributed by atoms with Crippen molar-refractivity contribution in [3.05, 3.63) is 0 Å². The Balaban J connectivity index is 1.97. The minimum absolute atomic E-state index is 0.104. The van der Waals surface area contributed by atoms with Gasteiger partial charge in [-0.3, -0.25) is 0 Å². The molecule has 2 aliphatic rings. The highest BCUT2D eigenvalue weighted by Gasteiger charge is 2.41. The van der Waals surface area contributed by atoms with Gasteiger partial charge in [-0.2, -0.15) is 0 Å². The van der Waals surface area contributed by atoms with Gasteiger partial charge in [0.05, 0.1) is 12.6 Å². The van der Waals surface area contributed by atoms with Gasteiger partial charge in [-0.05, 0) is 33.6 Å². The van der Waals surface area contributed by atoms with Crippen molar-refractivity contribution in [1.82, 2.24) is 9.80 Å². The molecule has 0 aromatic rings. The highest BCUT2D eigenvalue weighted by atomic mass is 16.6. The third-order valence-corrected chi connectivity index (χ3v) is 3.72. The minimum atomic E-state index is -1.04. The molecule has 0 bridgehead atoms. The summed E-state index contributed by atoms with van der Waals surface area (Å²) >= 11 is 0. The van der Waals surface area contributed by atoms with Crippen molar-refractivity contribution in [3.8, 4) is 0 Å². The zero-order valence-corrected chi connectivity index (χ0v) is 12.8. The lowest BCUT2D eigenvalue weighted by atomic mass is 10.1. The number of amides is 2. The van der Waals surface area contributed by atoms with Crippen LogP contribution in [0, 0.1) is 5.92 Å². The number of likely N-dealkylation sites (tertiary alicyclic amines) is 1. The van der Waals surface area contributed by atoms with Crippen LogP contribution >= 0.6 is 0 Å². The average Bonchev–Trinajstić information content (AvgIpc) is 3.08. The summed E-state index contributed by atoms with van der Waals surface area (Å²) in [5, 5.41) is 19.0. The van der Waals surface area contributed by atoms with Gasteiger partial charge in [0.25, 0.3) is 0 Å². The van der Waals surface area contributed by atoms with Crippen LogP contribution in [-0.4, -0.2) is 69.6 Å². The van der Waals surface area contributed by atoms with E-state index in [1.54, 1.807) is 4.90 Å². The Morgan fingerprint density at radius 3 is 2.33 bits per heavy atom. The van der Waals surface area contributed by atoms with E-state index in [-0.39, 0.29) is 31.1 Å². The normalized spacial score (nSPS) is 25.8. The zero-order valence-electron chi connectivity index (χ0n) is 12.8. The van der Waals surface area contributed by atoms with Gasteiger partial charge < -0.3 is 24.7 Å². The number of nitrogens with zero attached hydrogens (tertiary/aromatic N) is 2. The molecule has 2 rings (SSSR count). The first kappa shape index (κ1) is 15.9. The molecule has 2 amide bonds. The van der Waals surface area contributed by atoms with Crippen molar-refractivity contribution in [1.29, 1.82) is 0 Å². The first-order valence-electron chi connectivity index (χ1n) is 7.33. The number of β-amino-alcohol motifs (C(OH)–C–C–N with tert-alkyl or cyclic N) is 1. The zero-order chi connectivity index (χ0) is 15.8.